The van der Waals surface area contributed by atoms with Crippen molar-refractivity contribution in [1.82, 2.24) is 17.2 Å². The molecule has 5 unspecified atom stereocenters. The molecule has 1 aromatic rings. The van der Waals surface area contributed by atoms with Crippen LogP contribution in [0.1, 0.15) is 5.56 Å². The Hall–Kier alpha value is -1.24. The number of rotatable bonds is 2. The van der Waals surface area contributed by atoms with Gasteiger partial charge in [0.2, 0.25) is 0 Å². The van der Waals surface area contributed by atoms with Gasteiger partial charge in [0.1, 0.15) is 0 Å². The second-order valence-electron chi connectivity index (χ2n) is 5.96. The first kappa shape index (κ1) is 15.3. The van der Waals surface area contributed by atoms with Gasteiger partial charge in [0.05, 0.1) is 20.0 Å². The van der Waals surface area contributed by atoms with Crippen molar-refractivity contribution in [3.63, 3.8) is 0 Å². The fraction of sp³-hybridized carbons (Fsp3) is 0.500. The van der Waals surface area contributed by atoms with Crippen molar-refractivity contribution in [2.45, 2.75) is 12.5 Å². The van der Waals surface area contributed by atoms with E-state index in [1.165, 1.54) is 17.2 Å². The van der Waals surface area contributed by atoms with E-state index in [2.05, 4.69) is 0 Å². The molecule has 4 aliphatic heterocycles. The summed E-state index contributed by atoms with van der Waals surface area (Å²) >= 11 is 0. The average Bonchev–Trinajstić information content (AvgIpc) is 2.59. The first-order chi connectivity index (χ1) is 10.8. The molecular formula is C12H17N5O4S2. The molecule has 126 valence electrons. The van der Waals surface area contributed by atoms with Crippen LogP contribution >= 0.6 is 0 Å². The van der Waals surface area contributed by atoms with E-state index < -0.39 is 26.5 Å². The highest BCUT2D eigenvalue weighted by Crippen LogP contribution is 2.33. The van der Waals surface area contributed by atoms with Gasteiger partial charge < -0.3 is 5.73 Å². The summed E-state index contributed by atoms with van der Waals surface area (Å²) in [5.41, 5.74) is 7.22. The standard InChI is InChI=1S/C12H17N5O4S2/c13-11-3-1-10(2-4-11)5-12-6-14-7-15-8-16(22(14,18)19)9-17(12)23(15,20)21/h1-4,12H,5-9,13H2. The maximum absolute atomic E-state index is 12.6. The van der Waals surface area contributed by atoms with Crippen LogP contribution in [0.2, 0.25) is 0 Å². The third kappa shape index (κ3) is 2.27. The minimum Gasteiger partial charge on any atom is -0.399 e. The Labute approximate surface area is 135 Å². The number of nitrogens with zero attached hydrogens (tertiary/aromatic N) is 4. The Balaban J connectivity index is 1.72. The molecule has 4 bridgehead atoms. The number of fused-ring (bicyclic) bond motifs is 1. The van der Waals surface area contributed by atoms with E-state index in [9.17, 15) is 16.8 Å². The SMILES string of the molecule is Nc1ccc(CC2CN3CN4CN(CN2S4(=O)=O)S3(=O)=O)cc1. The molecule has 0 radical (unpaired) electrons. The molecule has 5 atom stereocenters. The van der Waals surface area contributed by atoms with Crippen molar-refractivity contribution in [2.24, 2.45) is 0 Å². The van der Waals surface area contributed by atoms with Crippen molar-refractivity contribution in [2.75, 3.05) is 32.3 Å². The van der Waals surface area contributed by atoms with Crippen LogP contribution in [-0.2, 0) is 26.8 Å². The van der Waals surface area contributed by atoms with E-state index in [-0.39, 0.29) is 26.6 Å². The Kier molecular flexibility index (Phi) is 3.25. The van der Waals surface area contributed by atoms with Crippen LogP contribution in [-0.4, -0.2) is 66.6 Å². The van der Waals surface area contributed by atoms with Gasteiger partial charge in [-0.05, 0) is 24.1 Å². The molecule has 4 aliphatic rings. The largest absolute Gasteiger partial charge is 0.399 e. The van der Waals surface area contributed by atoms with Gasteiger partial charge in [0.25, 0.3) is 20.4 Å². The number of nitrogen functional groups attached to an aromatic ring is 1. The molecule has 5 rings (SSSR count). The second-order valence-corrected chi connectivity index (χ2v) is 9.77. The van der Waals surface area contributed by atoms with Crippen LogP contribution in [0.3, 0.4) is 0 Å². The summed E-state index contributed by atoms with van der Waals surface area (Å²) in [6.07, 6.45) is 0.438. The maximum atomic E-state index is 12.6. The molecule has 4 heterocycles. The van der Waals surface area contributed by atoms with Gasteiger partial charge >= 0.3 is 0 Å². The Bertz CT molecular complexity index is 839. The molecule has 23 heavy (non-hydrogen) atoms. The molecule has 2 N–H and O–H groups in total. The minimum absolute atomic E-state index is 0.105. The summed E-state index contributed by atoms with van der Waals surface area (Å²) in [6.45, 7) is -0.196. The molecule has 1 aromatic carbocycles. The summed E-state index contributed by atoms with van der Waals surface area (Å²) in [5, 5.41) is 0. The number of benzene rings is 1. The molecule has 0 aromatic heterocycles. The van der Waals surface area contributed by atoms with Crippen molar-refractivity contribution in [1.29, 1.82) is 0 Å². The van der Waals surface area contributed by atoms with Crippen LogP contribution in [0.25, 0.3) is 0 Å². The molecule has 4 fully saturated rings. The summed E-state index contributed by atoms with van der Waals surface area (Å²) < 4.78 is 55.0. The highest BCUT2D eigenvalue weighted by molar-refractivity contribution is 7.88. The fourth-order valence-corrected chi connectivity index (χ4v) is 6.64. The van der Waals surface area contributed by atoms with Crippen LogP contribution in [0.4, 0.5) is 5.69 Å². The summed E-state index contributed by atoms with van der Waals surface area (Å²) in [6, 6.07) is 6.74. The molecule has 0 amide bonds. The summed E-state index contributed by atoms with van der Waals surface area (Å²) in [7, 11) is -7.23. The predicted octanol–water partition coefficient (Wildman–Crippen LogP) is -1.21. The summed E-state index contributed by atoms with van der Waals surface area (Å²) in [4.78, 5) is 0. The minimum atomic E-state index is -3.64. The van der Waals surface area contributed by atoms with Crippen LogP contribution in [0.5, 0.6) is 0 Å². The quantitative estimate of drug-likeness (QED) is 0.667. The highest BCUT2D eigenvalue weighted by atomic mass is 32.2. The van der Waals surface area contributed by atoms with E-state index in [1.807, 2.05) is 12.1 Å². The molecule has 11 heteroatoms. The van der Waals surface area contributed by atoms with E-state index in [1.54, 1.807) is 12.1 Å². The normalized spacial score (nSPS) is 39.9. The highest BCUT2D eigenvalue weighted by Gasteiger charge is 2.54. The van der Waals surface area contributed by atoms with Gasteiger partial charge in [-0.1, -0.05) is 12.1 Å². The van der Waals surface area contributed by atoms with Gasteiger partial charge in [-0.3, -0.25) is 0 Å². The van der Waals surface area contributed by atoms with Gasteiger partial charge in [-0.2, -0.15) is 34.1 Å². The monoisotopic (exact) mass is 359 g/mol. The Morgan fingerprint density at radius 3 is 2.22 bits per heavy atom. The van der Waals surface area contributed by atoms with Crippen molar-refractivity contribution in [3.8, 4) is 0 Å². The van der Waals surface area contributed by atoms with E-state index in [0.717, 1.165) is 5.56 Å². The first-order valence-corrected chi connectivity index (χ1v) is 9.94. The number of hydrogen-bond donors (Lipinski definition) is 1. The first-order valence-electron chi connectivity index (χ1n) is 7.15. The van der Waals surface area contributed by atoms with Crippen LogP contribution in [0, 0.1) is 0 Å². The molecule has 0 aliphatic carbocycles. The van der Waals surface area contributed by atoms with Gasteiger partial charge in [-0.15, -0.1) is 0 Å². The lowest BCUT2D eigenvalue weighted by atomic mass is 10.1. The topological polar surface area (TPSA) is 107 Å². The Morgan fingerprint density at radius 1 is 0.913 bits per heavy atom. The molecular weight excluding hydrogens is 342 g/mol. The lowest BCUT2D eigenvalue weighted by Crippen LogP contribution is -2.65. The zero-order valence-corrected chi connectivity index (χ0v) is 13.9. The third-order valence-corrected chi connectivity index (χ3v) is 8.17. The molecule has 0 spiro atoms. The Morgan fingerprint density at radius 2 is 1.52 bits per heavy atom. The van der Waals surface area contributed by atoms with Crippen molar-refractivity contribution in [3.05, 3.63) is 29.8 Å². The lowest BCUT2D eigenvalue weighted by Gasteiger charge is -2.43. The van der Waals surface area contributed by atoms with E-state index >= 15 is 0 Å². The van der Waals surface area contributed by atoms with Crippen molar-refractivity contribution < 1.29 is 16.8 Å². The van der Waals surface area contributed by atoms with E-state index in [0.29, 0.717) is 12.1 Å². The number of anilines is 1. The zero-order chi connectivity index (χ0) is 16.4. The van der Waals surface area contributed by atoms with Gasteiger partial charge in [-0.25, -0.2) is 0 Å². The molecule has 0 saturated carbocycles. The van der Waals surface area contributed by atoms with Crippen molar-refractivity contribution >= 4 is 26.1 Å². The average molecular weight is 359 g/mol. The third-order valence-electron chi connectivity index (χ3n) is 4.48. The van der Waals surface area contributed by atoms with Crippen LogP contribution < -0.4 is 5.73 Å². The number of nitrogens with two attached hydrogens (primary N) is 1. The van der Waals surface area contributed by atoms with Gasteiger partial charge in [0.15, 0.2) is 0 Å². The molecule has 4 saturated heterocycles. The summed E-state index contributed by atoms with van der Waals surface area (Å²) in [5.74, 6) is 0. The lowest BCUT2D eigenvalue weighted by molar-refractivity contribution is 0.140. The zero-order valence-electron chi connectivity index (χ0n) is 12.2. The predicted molar refractivity (Wildman–Crippen MR) is 83.0 cm³/mol. The van der Waals surface area contributed by atoms with Gasteiger partial charge in [0, 0.05) is 18.3 Å². The fourth-order valence-electron chi connectivity index (χ4n) is 3.22. The molecule has 9 nitrogen and oxygen atoms in total. The number of hydrogen-bond acceptors (Lipinski definition) is 5. The smallest absolute Gasteiger partial charge is 0.285 e. The second kappa shape index (κ2) is 4.88. The maximum Gasteiger partial charge on any atom is 0.285 e. The van der Waals surface area contributed by atoms with E-state index in [4.69, 9.17) is 5.73 Å². The van der Waals surface area contributed by atoms with Crippen LogP contribution in [0.15, 0.2) is 24.3 Å².